The van der Waals surface area contributed by atoms with Crippen molar-refractivity contribution in [2.75, 3.05) is 12.8 Å². The molecule has 0 spiro atoms. The molecule has 0 aromatic heterocycles. The monoisotopic (exact) mass is 422 g/mol. The molecule has 0 unspecified atom stereocenters. The Morgan fingerprint density at radius 3 is 2.38 bits per heavy atom. The van der Waals surface area contributed by atoms with Crippen LogP contribution in [0.5, 0.6) is 0 Å². The lowest BCUT2D eigenvalue weighted by Gasteiger charge is -2.44. The maximum Gasteiger partial charge on any atom is 0.294 e. The van der Waals surface area contributed by atoms with Gasteiger partial charge in [0.15, 0.2) is 0 Å². The summed E-state index contributed by atoms with van der Waals surface area (Å²) in [5.41, 5.74) is 1.17. The molecule has 2 atom stereocenters. The molecule has 3 rings (SSSR count). The van der Waals surface area contributed by atoms with Crippen LogP contribution < -0.4 is 4.72 Å². The molecule has 29 heavy (non-hydrogen) atoms. The molecular formula is C21H24F2N2O3S. The third-order valence-electron chi connectivity index (χ3n) is 5.13. The number of carbonyl (C=O) groups excluding carboxylic acids is 1. The molecule has 1 aliphatic heterocycles. The molecule has 0 saturated carbocycles. The summed E-state index contributed by atoms with van der Waals surface area (Å²) in [6, 6.07) is 12.5. The maximum atomic E-state index is 15.7. The van der Waals surface area contributed by atoms with Crippen LogP contribution in [0.3, 0.4) is 0 Å². The number of carbonyl (C=O) groups is 1. The van der Waals surface area contributed by atoms with Gasteiger partial charge in [0.05, 0.1) is 6.26 Å². The second-order valence-corrected chi connectivity index (χ2v) is 9.15. The van der Waals surface area contributed by atoms with Gasteiger partial charge in [-0.25, -0.2) is 13.1 Å². The largest absolute Gasteiger partial charge is 0.332 e. The quantitative estimate of drug-likeness (QED) is 0.803. The number of piperidine rings is 1. The number of alkyl halides is 2. The Hall–Kier alpha value is -2.32. The van der Waals surface area contributed by atoms with Crippen LogP contribution in [0.4, 0.5) is 8.78 Å². The molecular weight excluding hydrogens is 398 g/mol. The van der Waals surface area contributed by atoms with E-state index in [1.165, 1.54) is 19.1 Å². The number of nitrogens with zero attached hydrogens (tertiary/aromatic N) is 1. The van der Waals surface area contributed by atoms with Gasteiger partial charge in [-0.3, -0.25) is 4.79 Å². The standard InChI is InChI=1S/C21H24F2N2O3S/c1-15(26)25-13-7-12-19(24-29(2,27)28)20(25)21(22,23)18-11-6-10-17(14-18)16-8-4-3-5-9-16/h3-6,8-11,14,19-20,24H,7,12-13H2,1-2H3/t19-,20+/m1/s1. The first-order chi connectivity index (χ1) is 13.6. The predicted molar refractivity (Wildman–Crippen MR) is 108 cm³/mol. The van der Waals surface area contributed by atoms with E-state index >= 15 is 8.78 Å². The highest BCUT2D eigenvalue weighted by atomic mass is 32.2. The molecule has 1 fully saturated rings. The highest BCUT2D eigenvalue weighted by Crippen LogP contribution is 2.40. The van der Waals surface area contributed by atoms with Crippen molar-refractivity contribution in [3.05, 3.63) is 60.2 Å². The van der Waals surface area contributed by atoms with Crippen molar-refractivity contribution in [3.8, 4) is 11.1 Å². The summed E-state index contributed by atoms with van der Waals surface area (Å²) in [7, 11) is -3.72. The van der Waals surface area contributed by atoms with E-state index in [9.17, 15) is 13.2 Å². The average Bonchev–Trinajstić information content (AvgIpc) is 2.67. The van der Waals surface area contributed by atoms with E-state index in [0.717, 1.165) is 16.7 Å². The zero-order valence-corrected chi connectivity index (χ0v) is 17.1. The molecule has 1 aliphatic rings. The Bertz CT molecular complexity index is 980. The van der Waals surface area contributed by atoms with E-state index in [4.69, 9.17) is 0 Å². The van der Waals surface area contributed by atoms with E-state index in [0.29, 0.717) is 12.0 Å². The Morgan fingerprint density at radius 2 is 1.76 bits per heavy atom. The fourth-order valence-electron chi connectivity index (χ4n) is 3.90. The SMILES string of the molecule is CC(=O)N1CCC[C@@H](NS(C)(=O)=O)[C@H]1C(F)(F)c1cccc(-c2ccccc2)c1. The summed E-state index contributed by atoms with van der Waals surface area (Å²) in [5.74, 6) is -3.95. The molecule has 1 saturated heterocycles. The van der Waals surface area contributed by atoms with Crippen molar-refractivity contribution in [2.24, 2.45) is 0 Å². The van der Waals surface area contributed by atoms with Crippen LogP contribution in [0.15, 0.2) is 54.6 Å². The van der Waals surface area contributed by atoms with Gasteiger partial charge >= 0.3 is 0 Å². The lowest BCUT2D eigenvalue weighted by Crippen LogP contribution is -2.62. The van der Waals surface area contributed by atoms with E-state index in [2.05, 4.69) is 4.72 Å². The van der Waals surface area contributed by atoms with Crippen molar-refractivity contribution in [1.29, 1.82) is 0 Å². The van der Waals surface area contributed by atoms with Gasteiger partial charge in [-0.1, -0.05) is 48.5 Å². The average molecular weight is 422 g/mol. The van der Waals surface area contributed by atoms with E-state index in [1.807, 2.05) is 30.3 Å². The van der Waals surface area contributed by atoms with Gasteiger partial charge in [0.2, 0.25) is 15.9 Å². The zero-order valence-electron chi connectivity index (χ0n) is 16.3. The third-order valence-corrected chi connectivity index (χ3v) is 5.86. The second-order valence-electron chi connectivity index (χ2n) is 7.37. The molecule has 1 amide bonds. The van der Waals surface area contributed by atoms with Gasteiger partial charge in [-0.2, -0.15) is 8.78 Å². The molecule has 1 N–H and O–H groups in total. The second kappa shape index (κ2) is 8.20. The summed E-state index contributed by atoms with van der Waals surface area (Å²) in [4.78, 5) is 13.2. The van der Waals surface area contributed by atoms with Gasteiger partial charge in [0.25, 0.3) is 5.92 Å². The molecule has 0 bridgehead atoms. The Morgan fingerprint density at radius 1 is 1.10 bits per heavy atom. The third kappa shape index (κ3) is 4.82. The van der Waals surface area contributed by atoms with Gasteiger partial charge < -0.3 is 4.90 Å². The normalized spacial score (nSPS) is 20.5. The van der Waals surface area contributed by atoms with Crippen LogP contribution in [0, 0.1) is 0 Å². The van der Waals surface area contributed by atoms with Crippen molar-refractivity contribution < 1.29 is 22.0 Å². The smallest absolute Gasteiger partial charge is 0.294 e. The molecule has 1 heterocycles. The van der Waals surface area contributed by atoms with Crippen LogP contribution in [-0.2, 0) is 20.7 Å². The van der Waals surface area contributed by atoms with E-state index in [1.54, 1.807) is 12.1 Å². The summed E-state index contributed by atoms with van der Waals surface area (Å²) in [6.07, 6.45) is 1.61. The fraction of sp³-hybridized carbons (Fsp3) is 0.381. The lowest BCUT2D eigenvalue weighted by atomic mass is 9.87. The Labute approximate surface area is 169 Å². The minimum Gasteiger partial charge on any atom is -0.332 e. The number of halogens is 2. The van der Waals surface area contributed by atoms with Gasteiger partial charge in [0.1, 0.15) is 6.04 Å². The van der Waals surface area contributed by atoms with Crippen molar-refractivity contribution in [1.82, 2.24) is 9.62 Å². The Kier molecular flexibility index (Phi) is 6.05. The molecule has 2 aromatic carbocycles. The van der Waals surface area contributed by atoms with Crippen molar-refractivity contribution in [2.45, 2.75) is 37.8 Å². The number of rotatable bonds is 5. The summed E-state index contributed by atoms with van der Waals surface area (Å²) in [6.45, 7) is 1.39. The Balaban J connectivity index is 2.04. The van der Waals surface area contributed by atoms with Gasteiger partial charge in [-0.05, 0) is 30.0 Å². The fourth-order valence-corrected chi connectivity index (χ4v) is 4.70. The number of nitrogens with one attached hydrogen (secondary N) is 1. The van der Waals surface area contributed by atoms with Crippen LogP contribution in [0.2, 0.25) is 0 Å². The van der Waals surface area contributed by atoms with Crippen molar-refractivity contribution in [3.63, 3.8) is 0 Å². The summed E-state index contributed by atoms with van der Waals surface area (Å²) >= 11 is 0. The van der Waals surface area contributed by atoms with Crippen LogP contribution in [0.1, 0.15) is 25.3 Å². The molecule has 8 heteroatoms. The van der Waals surface area contributed by atoms with Crippen LogP contribution >= 0.6 is 0 Å². The molecule has 0 aliphatic carbocycles. The number of likely N-dealkylation sites (tertiary alicyclic amines) is 1. The van der Waals surface area contributed by atoms with Gasteiger partial charge in [-0.15, -0.1) is 0 Å². The van der Waals surface area contributed by atoms with Crippen LogP contribution in [0.25, 0.3) is 11.1 Å². The summed E-state index contributed by atoms with van der Waals surface area (Å²) in [5, 5.41) is 0. The van der Waals surface area contributed by atoms with E-state index in [-0.39, 0.29) is 18.5 Å². The first-order valence-electron chi connectivity index (χ1n) is 9.38. The number of benzene rings is 2. The first kappa shape index (κ1) is 21.4. The highest BCUT2D eigenvalue weighted by Gasteiger charge is 2.52. The lowest BCUT2D eigenvalue weighted by molar-refractivity contribution is -0.151. The van der Waals surface area contributed by atoms with Gasteiger partial charge in [0, 0.05) is 25.1 Å². The zero-order chi connectivity index (χ0) is 21.2. The number of hydrogen-bond donors (Lipinski definition) is 1. The highest BCUT2D eigenvalue weighted by molar-refractivity contribution is 7.88. The van der Waals surface area contributed by atoms with Crippen molar-refractivity contribution >= 4 is 15.9 Å². The predicted octanol–water partition coefficient (Wildman–Crippen LogP) is 3.37. The molecule has 0 radical (unpaired) electrons. The molecule has 5 nitrogen and oxygen atoms in total. The maximum absolute atomic E-state index is 15.7. The van der Waals surface area contributed by atoms with E-state index < -0.39 is 33.9 Å². The van der Waals surface area contributed by atoms with Crippen LogP contribution in [-0.4, -0.2) is 44.1 Å². The number of sulfonamides is 1. The number of hydrogen-bond acceptors (Lipinski definition) is 3. The summed E-state index contributed by atoms with van der Waals surface area (Å²) < 4.78 is 57.3. The topological polar surface area (TPSA) is 66.5 Å². The first-order valence-corrected chi connectivity index (χ1v) is 11.3. The number of amides is 1. The molecule has 156 valence electrons. The minimum atomic E-state index is -3.72. The minimum absolute atomic E-state index is 0.163. The molecule has 2 aromatic rings.